The number of carbonyl (C=O) groups is 1. The number of carbonyl (C=O) groups excluding carboxylic acids is 1. The van der Waals surface area contributed by atoms with Crippen LogP contribution in [0.15, 0.2) is 66.7 Å². The van der Waals surface area contributed by atoms with Gasteiger partial charge in [0.2, 0.25) is 0 Å². The molecule has 0 atom stereocenters. The molecule has 31 heavy (non-hydrogen) atoms. The number of hydrogen-bond donors (Lipinski definition) is 2. The SMILES string of the molecule is Cc1ccc(C(=O)NCCNc2nc(-c3ccc(Cl)cc3)nc3cc(Cl)ccc23)cc1. The lowest BCUT2D eigenvalue weighted by Crippen LogP contribution is -2.28. The van der Waals surface area contributed by atoms with Gasteiger partial charge in [0.25, 0.3) is 5.91 Å². The minimum Gasteiger partial charge on any atom is -0.368 e. The van der Waals surface area contributed by atoms with E-state index in [-0.39, 0.29) is 5.91 Å². The van der Waals surface area contributed by atoms with Crippen LogP contribution < -0.4 is 10.6 Å². The molecule has 2 N–H and O–H groups in total. The number of anilines is 1. The highest BCUT2D eigenvalue weighted by Crippen LogP contribution is 2.27. The maximum absolute atomic E-state index is 12.3. The summed E-state index contributed by atoms with van der Waals surface area (Å²) in [6, 6.07) is 20.3. The molecule has 0 bridgehead atoms. The highest BCUT2D eigenvalue weighted by atomic mass is 35.5. The zero-order valence-corrected chi connectivity index (χ0v) is 18.3. The quantitative estimate of drug-likeness (QED) is 0.366. The number of rotatable bonds is 6. The van der Waals surface area contributed by atoms with E-state index in [1.165, 1.54) is 0 Å². The molecule has 7 heteroatoms. The number of benzene rings is 3. The third kappa shape index (κ3) is 5.13. The van der Waals surface area contributed by atoms with Gasteiger partial charge in [0.15, 0.2) is 5.82 Å². The molecule has 0 saturated carbocycles. The van der Waals surface area contributed by atoms with E-state index >= 15 is 0 Å². The van der Waals surface area contributed by atoms with Crippen LogP contribution in [-0.4, -0.2) is 29.0 Å². The predicted octanol–water partition coefficient (Wildman–Crippen LogP) is 5.75. The first-order chi connectivity index (χ1) is 15.0. The monoisotopic (exact) mass is 450 g/mol. The van der Waals surface area contributed by atoms with Crippen LogP contribution in [0, 0.1) is 6.92 Å². The van der Waals surface area contributed by atoms with Gasteiger partial charge in [-0.25, -0.2) is 9.97 Å². The van der Waals surface area contributed by atoms with Crippen LogP contribution in [0.4, 0.5) is 5.82 Å². The van der Waals surface area contributed by atoms with E-state index in [0.29, 0.717) is 40.3 Å². The first-order valence-corrected chi connectivity index (χ1v) is 10.6. The highest BCUT2D eigenvalue weighted by Gasteiger charge is 2.11. The summed E-state index contributed by atoms with van der Waals surface area (Å²) in [4.78, 5) is 21.6. The fraction of sp³-hybridized carbons (Fsp3) is 0.125. The number of fused-ring (bicyclic) bond motifs is 1. The Morgan fingerprint density at radius 2 is 1.58 bits per heavy atom. The van der Waals surface area contributed by atoms with Crippen molar-refractivity contribution < 1.29 is 4.79 Å². The van der Waals surface area contributed by atoms with Gasteiger partial charge in [-0.1, -0.05) is 40.9 Å². The van der Waals surface area contributed by atoms with E-state index in [4.69, 9.17) is 28.2 Å². The zero-order valence-electron chi connectivity index (χ0n) is 16.8. The Morgan fingerprint density at radius 3 is 2.32 bits per heavy atom. The molecule has 3 aromatic carbocycles. The van der Waals surface area contributed by atoms with Crippen LogP contribution in [-0.2, 0) is 0 Å². The van der Waals surface area contributed by atoms with Crippen LogP contribution in [0.5, 0.6) is 0 Å². The molecule has 0 saturated heterocycles. The normalized spacial score (nSPS) is 10.8. The molecule has 0 radical (unpaired) electrons. The van der Waals surface area contributed by atoms with Gasteiger partial charge in [-0.3, -0.25) is 4.79 Å². The molecule has 0 spiro atoms. The summed E-state index contributed by atoms with van der Waals surface area (Å²) in [6.45, 7) is 2.94. The molecule has 5 nitrogen and oxygen atoms in total. The van der Waals surface area contributed by atoms with Gasteiger partial charge in [0.1, 0.15) is 5.82 Å². The van der Waals surface area contributed by atoms with Crippen LogP contribution in [0.25, 0.3) is 22.3 Å². The molecular weight excluding hydrogens is 431 g/mol. The molecule has 0 fully saturated rings. The second-order valence-electron chi connectivity index (χ2n) is 7.11. The Hall–Kier alpha value is -3.15. The Labute approximate surface area is 190 Å². The van der Waals surface area contributed by atoms with Crippen molar-refractivity contribution in [3.8, 4) is 11.4 Å². The summed E-state index contributed by atoms with van der Waals surface area (Å²) < 4.78 is 0. The van der Waals surface area contributed by atoms with Crippen molar-refractivity contribution in [2.75, 3.05) is 18.4 Å². The third-order valence-corrected chi connectivity index (χ3v) is 5.27. The van der Waals surface area contributed by atoms with Crippen molar-refractivity contribution >= 4 is 45.8 Å². The largest absolute Gasteiger partial charge is 0.368 e. The number of aromatic nitrogens is 2. The molecule has 4 rings (SSSR count). The number of aryl methyl sites for hydroxylation is 1. The van der Waals surface area contributed by atoms with E-state index in [2.05, 4.69) is 15.6 Å². The van der Waals surface area contributed by atoms with Gasteiger partial charge in [0, 0.05) is 39.6 Å². The molecule has 0 unspecified atom stereocenters. The molecule has 1 heterocycles. The predicted molar refractivity (Wildman–Crippen MR) is 127 cm³/mol. The van der Waals surface area contributed by atoms with Crippen molar-refractivity contribution in [1.29, 1.82) is 0 Å². The second-order valence-corrected chi connectivity index (χ2v) is 7.99. The number of halogens is 2. The topological polar surface area (TPSA) is 66.9 Å². The maximum atomic E-state index is 12.3. The number of nitrogens with zero attached hydrogens (tertiary/aromatic N) is 2. The van der Waals surface area contributed by atoms with E-state index in [9.17, 15) is 4.79 Å². The Morgan fingerprint density at radius 1 is 0.871 bits per heavy atom. The molecule has 0 aliphatic rings. The van der Waals surface area contributed by atoms with E-state index < -0.39 is 0 Å². The van der Waals surface area contributed by atoms with Gasteiger partial charge in [-0.2, -0.15) is 0 Å². The molecule has 156 valence electrons. The number of nitrogens with one attached hydrogen (secondary N) is 2. The first kappa shape index (κ1) is 21.1. The van der Waals surface area contributed by atoms with Crippen LogP contribution >= 0.6 is 23.2 Å². The zero-order chi connectivity index (χ0) is 21.8. The fourth-order valence-corrected chi connectivity index (χ4v) is 3.42. The minimum absolute atomic E-state index is 0.108. The Balaban J connectivity index is 1.51. The summed E-state index contributed by atoms with van der Waals surface area (Å²) in [7, 11) is 0. The van der Waals surface area contributed by atoms with Crippen LogP contribution in [0.1, 0.15) is 15.9 Å². The van der Waals surface area contributed by atoms with Crippen LogP contribution in [0.3, 0.4) is 0 Å². The number of hydrogen-bond acceptors (Lipinski definition) is 4. The summed E-state index contributed by atoms with van der Waals surface area (Å²) in [5.41, 5.74) is 3.34. The Bertz CT molecular complexity index is 1230. The smallest absolute Gasteiger partial charge is 0.251 e. The lowest BCUT2D eigenvalue weighted by Gasteiger charge is -2.12. The average molecular weight is 451 g/mol. The molecule has 4 aromatic rings. The van der Waals surface area contributed by atoms with Crippen LogP contribution in [0.2, 0.25) is 10.0 Å². The molecular formula is C24H20Cl2N4O. The Kier molecular flexibility index (Phi) is 6.35. The van der Waals surface area contributed by atoms with Gasteiger partial charge in [-0.05, 0) is 61.5 Å². The first-order valence-electron chi connectivity index (χ1n) is 9.81. The molecule has 0 aliphatic heterocycles. The van der Waals surface area contributed by atoms with Crippen molar-refractivity contribution in [2.45, 2.75) is 6.92 Å². The summed E-state index contributed by atoms with van der Waals surface area (Å²) in [6.07, 6.45) is 0. The lowest BCUT2D eigenvalue weighted by molar-refractivity contribution is 0.0955. The van der Waals surface area contributed by atoms with E-state index in [1.54, 1.807) is 18.2 Å². The summed E-state index contributed by atoms with van der Waals surface area (Å²) in [5, 5.41) is 8.33. The van der Waals surface area contributed by atoms with Crippen molar-refractivity contribution in [1.82, 2.24) is 15.3 Å². The van der Waals surface area contributed by atoms with E-state index in [0.717, 1.165) is 22.0 Å². The van der Waals surface area contributed by atoms with Gasteiger partial charge in [0.05, 0.1) is 5.52 Å². The second kappa shape index (κ2) is 9.33. The highest BCUT2D eigenvalue weighted by molar-refractivity contribution is 6.31. The van der Waals surface area contributed by atoms with Crippen molar-refractivity contribution in [3.05, 3.63) is 87.9 Å². The van der Waals surface area contributed by atoms with Gasteiger partial charge >= 0.3 is 0 Å². The average Bonchev–Trinajstić information content (AvgIpc) is 2.77. The molecule has 1 amide bonds. The lowest BCUT2D eigenvalue weighted by atomic mass is 10.1. The molecule has 1 aromatic heterocycles. The standard InChI is InChI=1S/C24H20Cl2N4O/c1-15-2-4-17(5-3-15)24(31)28-13-12-27-23-20-11-10-19(26)14-21(20)29-22(30-23)16-6-8-18(25)9-7-16/h2-11,14H,12-13H2,1H3,(H,28,31)(H,27,29,30). The van der Waals surface area contributed by atoms with Gasteiger partial charge in [-0.15, -0.1) is 0 Å². The summed E-state index contributed by atoms with van der Waals surface area (Å²) in [5.74, 6) is 1.14. The van der Waals surface area contributed by atoms with Crippen molar-refractivity contribution in [2.24, 2.45) is 0 Å². The van der Waals surface area contributed by atoms with Gasteiger partial charge < -0.3 is 10.6 Å². The molecule has 0 aliphatic carbocycles. The van der Waals surface area contributed by atoms with E-state index in [1.807, 2.05) is 55.5 Å². The van der Waals surface area contributed by atoms with Crippen molar-refractivity contribution in [3.63, 3.8) is 0 Å². The maximum Gasteiger partial charge on any atom is 0.251 e. The summed E-state index contributed by atoms with van der Waals surface area (Å²) >= 11 is 12.2. The number of amides is 1. The third-order valence-electron chi connectivity index (χ3n) is 4.78. The minimum atomic E-state index is -0.108. The fourth-order valence-electron chi connectivity index (χ4n) is 3.13.